The predicted molar refractivity (Wildman–Crippen MR) is 114 cm³/mol. The molecule has 0 spiro atoms. The molecule has 0 bridgehead atoms. The molecule has 4 aromatic rings. The van der Waals surface area contributed by atoms with Gasteiger partial charge in [-0.2, -0.15) is 0 Å². The highest BCUT2D eigenvalue weighted by Gasteiger charge is 2.34. The highest BCUT2D eigenvalue weighted by atomic mass is 35.6. The molecule has 5 heteroatoms. The number of carbonyl (C=O) groups excluding carboxylic acids is 1. The van der Waals surface area contributed by atoms with Gasteiger partial charge in [-0.05, 0) is 41.0 Å². The van der Waals surface area contributed by atoms with Crippen LogP contribution in [0.4, 0.5) is 0 Å². The van der Waals surface area contributed by atoms with E-state index in [9.17, 15) is 4.79 Å². The fourth-order valence-electron chi connectivity index (χ4n) is 3.52. The lowest BCUT2D eigenvalue weighted by Crippen LogP contribution is -2.18. The Bertz CT molecular complexity index is 1170. The second-order valence-electron chi connectivity index (χ2n) is 6.65. The molecule has 0 saturated carbocycles. The van der Waals surface area contributed by atoms with Crippen molar-refractivity contribution >= 4 is 62.3 Å². The number of aromatic nitrogens is 1. The summed E-state index contributed by atoms with van der Waals surface area (Å²) >= 11 is 17.6. The van der Waals surface area contributed by atoms with Gasteiger partial charge in [0.1, 0.15) is 0 Å². The van der Waals surface area contributed by atoms with E-state index in [0.29, 0.717) is 12.1 Å². The first kappa shape index (κ1) is 18.4. The number of alkyl halides is 3. The molecule has 1 heterocycles. The third-order valence-corrected chi connectivity index (χ3v) is 5.30. The van der Waals surface area contributed by atoms with Crippen LogP contribution in [0.5, 0.6) is 0 Å². The van der Waals surface area contributed by atoms with Crippen molar-refractivity contribution in [3.8, 4) is 0 Å². The third-order valence-electron chi connectivity index (χ3n) is 4.78. The number of aryl methyl sites for hydroxylation is 1. The minimum atomic E-state index is -1.98. The van der Waals surface area contributed by atoms with E-state index in [0.717, 1.165) is 22.0 Å². The second kappa shape index (κ2) is 6.87. The molecule has 0 atom stereocenters. The summed E-state index contributed by atoms with van der Waals surface area (Å²) < 4.78 is 0.0560. The molecule has 2 nitrogen and oxygen atoms in total. The summed E-state index contributed by atoms with van der Waals surface area (Å²) in [5, 5.41) is 3.20. The number of fused-ring (bicyclic) bond motifs is 2. The zero-order valence-corrected chi connectivity index (χ0v) is 16.8. The first-order chi connectivity index (χ1) is 12.8. The number of Topliss-reactive ketones (excluding diaryl/α,β-unsaturated/α-hetero) is 1. The van der Waals surface area contributed by atoms with E-state index in [4.69, 9.17) is 34.8 Å². The van der Waals surface area contributed by atoms with E-state index in [1.807, 2.05) is 41.8 Å². The van der Waals surface area contributed by atoms with Gasteiger partial charge in [-0.3, -0.25) is 4.79 Å². The molecule has 0 saturated heterocycles. The van der Waals surface area contributed by atoms with Crippen molar-refractivity contribution in [2.75, 3.05) is 0 Å². The van der Waals surface area contributed by atoms with Crippen LogP contribution in [-0.2, 0) is 6.54 Å². The highest BCUT2D eigenvalue weighted by Crippen LogP contribution is 2.35. The van der Waals surface area contributed by atoms with Crippen LogP contribution in [0.1, 0.15) is 21.5 Å². The summed E-state index contributed by atoms with van der Waals surface area (Å²) in [4.78, 5) is 12.7. The molecule has 27 heavy (non-hydrogen) atoms. The molecular weight excluding hydrogens is 401 g/mol. The number of rotatable bonds is 3. The van der Waals surface area contributed by atoms with Crippen LogP contribution in [0, 0.1) is 6.92 Å². The van der Waals surface area contributed by atoms with Crippen LogP contribution in [0.25, 0.3) is 21.7 Å². The Hall–Kier alpha value is -2.00. The average Bonchev–Trinajstić information content (AvgIpc) is 3.00. The van der Waals surface area contributed by atoms with E-state index in [1.54, 1.807) is 6.20 Å². The lowest BCUT2D eigenvalue weighted by Gasteiger charge is -2.08. The molecular formula is C22H16Cl3NO. The van der Waals surface area contributed by atoms with Crippen molar-refractivity contribution < 1.29 is 4.79 Å². The van der Waals surface area contributed by atoms with Crippen LogP contribution < -0.4 is 0 Å². The maximum absolute atomic E-state index is 12.7. The monoisotopic (exact) mass is 415 g/mol. The summed E-state index contributed by atoms with van der Waals surface area (Å²) in [6.07, 6.45) is 1.79. The summed E-state index contributed by atoms with van der Waals surface area (Å²) in [6.45, 7) is 2.58. The van der Waals surface area contributed by atoms with E-state index in [-0.39, 0.29) is 0 Å². The van der Waals surface area contributed by atoms with Crippen LogP contribution in [0.3, 0.4) is 0 Å². The van der Waals surface area contributed by atoms with Gasteiger partial charge in [-0.15, -0.1) is 0 Å². The largest absolute Gasteiger partial charge is 0.342 e. The van der Waals surface area contributed by atoms with E-state index in [2.05, 4.69) is 30.3 Å². The van der Waals surface area contributed by atoms with Gasteiger partial charge in [0.2, 0.25) is 5.78 Å². The standard InChI is InChI=1S/C22H16Cl3NO/c1-14-5-4-8-19-20(14)18(21(27)22(23,24)25)13-26(19)12-15-9-10-16-6-2-3-7-17(16)11-15/h2-11,13H,12H2,1H3. The minimum Gasteiger partial charge on any atom is -0.342 e. The summed E-state index contributed by atoms with van der Waals surface area (Å²) in [6, 6.07) is 20.5. The second-order valence-corrected chi connectivity index (χ2v) is 8.93. The lowest BCUT2D eigenvalue weighted by molar-refractivity contribution is 0.0997. The topological polar surface area (TPSA) is 22.0 Å². The maximum Gasteiger partial charge on any atom is 0.253 e. The van der Waals surface area contributed by atoms with Gasteiger partial charge in [-0.25, -0.2) is 0 Å². The Kier molecular flexibility index (Phi) is 4.67. The number of benzene rings is 3. The van der Waals surface area contributed by atoms with Crippen LogP contribution in [-0.4, -0.2) is 14.1 Å². The fourth-order valence-corrected chi connectivity index (χ4v) is 3.83. The highest BCUT2D eigenvalue weighted by molar-refractivity contribution is 6.77. The van der Waals surface area contributed by atoms with E-state index < -0.39 is 9.58 Å². The zero-order valence-electron chi connectivity index (χ0n) is 14.5. The van der Waals surface area contributed by atoms with E-state index >= 15 is 0 Å². The molecule has 136 valence electrons. The third kappa shape index (κ3) is 3.45. The predicted octanol–water partition coefficient (Wildman–Crippen LogP) is 6.70. The number of nitrogens with zero attached hydrogens (tertiary/aromatic N) is 1. The molecule has 0 aliphatic heterocycles. The molecule has 0 amide bonds. The van der Waals surface area contributed by atoms with Crippen molar-refractivity contribution in [1.29, 1.82) is 0 Å². The Morgan fingerprint density at radius 1 is 0.963 bits per heavy atom. The lowest BCUT2D eigenvalue weighted by atomic mass is 10.1. The Labute approximate surface area is 172 Å². The smallest absolute Gasteiger partial charge is 0.253 e. The minimum absolute atomic E-state index is 0.434. The zero-order chi connectivity index (χ0) is 19.2. The van der Waals surface area contributed by atoms with Gasteiger partial charge in [0, 0.05) is 29.2 Å². The van der Waals surface area contributed by atoms with E-state index in [1.165, 1.54) is 10.8 Å². The van der Waals surface area contributed by atoms with Crippen molar-refractivity contribution in [2.24, 2.45) is 0 Å². The first-order valence-electron chi connectivity index (χ1n) is 8.52. The van der Waals surface area contributed by atoms with Crippen molar-refractivity contribution in [2.45, 2.75) is 17.3 Å². The van der Waals surface area contributed by atoms with Crippen molar-refractivity contribution in [3.05, 3.63) is 83.6 Å². The molecule has 4 rings (SSSR count). The molecule has 0 fully saturated rings. The van der Waals surface area contributed by atoms with Gasteiger partial charge >= 0.3 is 0 Å². The Morgan fingerprint density at radius 2 is 1.70 bits per heavy atom. The molecule has 0 aliphatic rings. The molecule has 0 radical (unpaired) electrons. The number of halogens is 3. The van der Waals surface area contributed by atoms with Crippen LogP contribution >= 0.6 is 34.8 Å². The average molecular weight is 417 g/mol. The van der Waals surface area contributed by atoms with Gasteiger partial charge in [-0.1, -0.05) is 83.3 Å². The number of carbonyl (C=O) groups is 1. The summed E-state index contributed by atoms with van der Waals surface area (Å²) in [5.74, 6) is -0.510. The Balaban J connectivity index is 1.84. The number of hydrogen-bond donors (Lipinski definition) is 0. The van der Waals surface area contributed by atoms with Gasteiger partial charge in [0.15, 0.2) is 0 Å². The summed E-state index contributed by atoms with van der Waals surface area (Å²) in [5.41, 5.74) is 3.49. The van der Waals surface area contributed by atoms with Gasteiger partial charge < -0.3 is 4.57 Å². The first-order valence-corrected chi connectivity index (χ1v) is 9.65. The maximum atomic E-state index is 12.7. The summed E-state index contributed by atoms with van der Waals surface area (Å²) in [7, 11) is 0. The normalized spacial score (nSPS) is 12.0. The van der Waals surface area contributed by atoms with Gasteiger partial charge in [0.05, 0.1) is 0 Å². The van der Waals surface area contributed by atoms with Crippen molar-refractivity contribution in [3.63, 3.8) is 0 Å². The van der Waals surface area contributed by atoms with Crippen LogP contribution in [0.15, 0.2) is 66.9 Å². The number of hydrogen-bond acceptors (Lipinski definition) is 1. The van der Waals surface area contributed by atoms with Crippen molar-refractivity contribution in [1.82, 2.24) is 4.57 Å². The quantitative estimate of drug-likeness (QED) is 0.269. The molecule has 0 N–H and O–H groups in total. The molecule has 0 unspecified atom stereocenters. The molecule has 0 aliphatic carbocycles. The molecule has 3 aromatic carbocycles. The fraction of sp³-hybridized carbons (Fsp3) is 0.136. The number of ketones is 1. The Morgan fingerprint density at radius 3 is 2.44 bits per heavy atom. The van der Waals surface area contributed by atoms with Gasteiger partial charge in [0.25, 0.3) is 3.79 Å². The SMILES string of the molecule is Cc1cccc2c1c(C(=O)C(Cl)(Cl)Cl)cn2Cc1ccc2ccccc2c1. The molecule has 1 aromatic heterocycles. The van der Waals surface area contributed by atoms with Crippen LogP contribution in [0.2, 0.25) is 0 Å².